The number of H-pyrrole nitrogens is 1. The summed E-state index contributed by atoms with van der Waals surface area (Å²) in [5, 5.41) is 0.622. The zero-order valence-corrected chi connectivity index (χ0v) is 14.7. The third kappa shape index (κ3) is 2.74. The first-order chi connectivity index (χ1) is 13.3. The molecule has 0 atom stereocenters. The molecule has 0 aliphatic heterocycles. The van der Waals surface area contributed by atoms with Crippen molar-refractivity contribution < 1.29 is 9.21 Å². The maximum atomic E-state index is 13.0. The van der Waals surface area contributed by atoms with E-state index in [1.165, 1.54) is 11.3 Å². The Balaban J connectivity index is 1.67. The van der Waals surface area contributed by atoms with E-state index in [1.807, 2.05) is 24.3 Å². The summed E-state index contributed by atoms with van der Waals surface area (Å²) in [6, 6.07) is 16.6. The predicted molar refractivity (Wildman–Crippen MR) is 103 cm³/mol. The van der Waals surface area contributed by atoms with Crippen LogP contribution in [0.5, 0.6) is 0 Å². The molecule has 1 aromatic carbocycles. The second-order valence-corrected chi connectivity index (χ2v) is 6.82. The van der Waals surface area contributed by atoms with Gasteiger partial charge in [-0.05, 0) is 36.4 Å². The summed E-state index contributed by atoms with van der Waals surface area (Å²) in [6.45, 7) is 0. The number of pyridine rings is 1. The van der Waals surface area contributed by atoms with Crippen LogP contribution < -0.4 is 0 Å². The number of thiazole rings is 1. The lowest BCUT2D eigenvalue weighted by molar-refractivity contribution is 0.103. The van der Waals surface area contributed by atoms with Crippen molar-refractivity contribution >= 4 is 28.2 Å². The van der Waals surface area contributed by atoms with E-state index >= 15 is 0 Å². The van der Waals surface area contributed by atoms with Gasteiger partial charge in [-0.3, -0.25) is 9.78 Å². The molecule has 0 radical (unpaired) electrons. The van der Waals surface area contributed by atoms with Crippen LogP contribution in [0.15, 0.2) is 71.5 Å². The summed E-state index contributed by atoms with van der Waals surface area (Å²) in [5.74, 6) is 0.962. The second-order valence-electron chi connectivity index (χ2n) is 5.82. The number of nitrogens with one attached hydrogen (secondary N) is 1. The number of hydrogen-bond donors (Lipinski definition) is 1. The Bertz CT molecular complexity index is 1210. The van der Waals surface area contributed by atoms with Crippen LogP contribution in [0.3, 0.4) is 0 Å². The number of fused-ring (bicyclic) bond motifs is 1. The fourth-order valence-electron chi connectivity index (χ4n) is 2.82. The molecule has 0 spiro atoms. The van der Waals surface area contributed by atoms with Gasteiger partial charge in [-0.1, -0.05) is 18.2 Å². The topological polar surface area (TPSA) is 84.7 Å². The first-order valence-electron chi connectivity index (χ1n) is 8.25. The van der Waals surface area contributed by atoms with E-state index in [-0.39, 0.29) is 5.78 Å². The summed E-state index contributed by atoms with van der Waals surface area (Å²) in [7, 11) is 0. The number of benzene rings is 1. The molecule has 5 rings (SSSR count). The minimum Gasteiger partial charge on any atom is -0.463 e. The smallest absolute Gasteiger partial charge is 0.223 e. The second kappa shape index (κ2) is 6.30. The van der Waals surface area contributed by atoms with Crippen LogP contribution in [-0.2, 0) is 0 Å². The minimum atomic E-state index is -0.193. The minimum absolute atomic E-state index is 0.193. The summed E-state index contributed by atoms with van der Waals surface area (Å²) < 4.78 is 5.50. The van der Waals surface area contributed by atoms with Gasteiger partial charge in [0.1, 0.15) is 16.3 Å². The predicted octanol–water partition coefficient (Wildman–Crippen LogP) is 4.57. The summed E-state index contributed by atoms with van der Waals surface area (Å²) in [6.07, 6.45) is 3.16. The van der Waals surface area contributed by atoms with Crippen molar-refractivity contribution in [3.05, 3.63) is 77.6 Å². The van der Waals surface area contributed by atoms with E-state index in [9.17, 15) is 4.79 Å². The first kappa shape index (κ1) is 15.7. The number of aromatic nitrogens is 4. The summed E-state index contributed by atoms with van der Waals surface area (Å²) in [5.41, 5.74) is 2.63. The monoisotopic (exact) mass is 372 g/mol. The Hall–Kier alpha value is -3.58. The molecule has 0 saturated carbocycles. The normalized spacial score (nSPS) is 11.1. The van der Waals surface area contributed by atoms with Crippen LogP contribution in [0.25, 0.3) is 33.3 Å². The number of nitrogens with zero attached hydrogens (tertiary/aromatic N) is 3. The average Bonchev–Trinajstić information content (AvgIpc) is 3.46. The SMILES string of the molecule is O=C(c1ccccn1)c1sc(-c2nc3ccccc3[nH]2)nc1-c1ccco1. The lowest BCUT2D eigenvalue weighted by atomic mass is 10.1. The zero-order chi connectivity index (χ0) is 18.2. The molecule has 0 saturated heterocycles. The lowest BCUT2D eigenvalue weighted by Gasteiger charge is -1.98. The number of carbonyl (C=O) groups excluding carboxylic acids is 1. The summed E-state index contributed by atoms with van der Waals surface area (Å²) in [4.78, 5) is 30.1. The van der Waals surface area contributed by atoms with Gasteiger partial charge in [0.15, 0.2) is 16.6 Å². The Labute approximate surface area is 157 Å². The van der Waals surface area contributed by atoms with Crippen molar-refractivity contribution in [2.75, 3.05) is 0 Å². The van der Waals surface area contributed by atoms with Gasteiger partial charge in [-0.2, -0.15) is 0 Å². The number of para-hydroxylation sites is 2. The Morgan fingerprint density at radius 1 is 1.00 bits per heavy atom. The fourth-order valence-corrected chi connectivity index (χ4v) is 3.79. The Kier molecular flexibility index (Phi) is 3.65. The first-order valence-corrected chi connectivity index (χ1v) is 9.07. The van der Waals surface area contributed by atoms with Gasteiger partial charge >= 0.3 is 0 Å². The molecule has 130 valence electrons. The molecule has 0 aliphatic rings. The van der Waals surface area contributed by atoms with Gasteiger partial charge in [0.05, 0.1) is 17.3 Å². The van der Waals surface area contributed by atoms with Crippen LogP contribution in [-0.4, -0.2) is 25.7 Å². The van der Waals surface area contributed by atoms with E-state index in [4.69, 9.17) is 4.42 Å². The van der Waals surface area contributed by atoms with Crippen molar-refractivity contribution in [3.63, 3.8) is 0 Å². The van der Waals surface area contributed by atoms with E-state index in [0.717, 1.165) is 11.0 Å². The van der Waals surface area contributed by atoms with Gasteiger partial charge in [-0.15, -0.1) is 11.3 Å². The molecule has 6 nitrogen and oxygen atoms in total. The van der Waals surface area contributed by atoms with Gasteiger partial charge in [-0.25, -0.2) is 9.97 Å². The lowest BCUT2D eigenvalue weighted by Crippen LogP contribution is -2.02. The van der Waals surface area contributed by atoms with Crippen LogP contribution >= 0.6 is 11.3 Å². The van der Waals surface area contributed by atoms with Crippen LogP contribution in [0.4, 0.5) is 0 Å². The zero-order valence-electron chi connectivity index (χ0n) is 13.9. The Morgan fingerprint density at radius 2 is 1.89 bits per heavy atom. The standard InChI is InChI=1S/C20H12N4O2S/c25-17(14-8-3-4-10-21-14)18-16(15-9-5-11-26-15)24-20(27-18)19-22-12-6-1-2-7-13(12)23-19/h1-11H,(H,22,23). The molecule has 27 heavy (non-hydrogen) atoms. The molecule has 1 N–H and O–H groups in total. The molecular formula is C20H12N4O2S. The van der Waals surface area contributed by atoms with Crippen molar-refractivity contribution in [3.8, 4) is 22.3 Å². The quantitative estimate of drug-likeness (QED) is 0.467. The largest absolute Gasteiger partial charge is 0.463 e. The number of ketones is 1. The highest BCUT2D eigenvalue weighted by Gasteiger charge is 2.24. The van der Waals surface area contributed by atoms with Crippen molar-refractivity contribution in [2.45, 2.75) is 0 Å². The van der Waals surface area contributed by atoms with Gasteiger partial charge in [0, 0.05) is 6.20 Å². The highest BCUT2D eigenvalue weighted by atomic mass is 32.1. The molecule has 0 amide bonds. The maximum Gasteiger partial charge on any atom is 0.223 e. The van der Waals surface area contributed by atoms with Gasteiger partial charge in [0.25, 0.3) is 0 Å². The average molecular weight is 372 g/mol. The summed E-state index contributed by atoms with van der Waals surface area (Å²) >= 11 is 1.27. The van der Waals surface area contributed by atoms with Crippen LogP contribution in [0, 0.1) is 0 Å². The third-order valence-electron chi connectivity index (χ3n) is 4.08. The number of furan rings is 1. The molecule has 5 aromatic rings. The Morgan fingerprint density at radius 3 is 2.67 bits per heavy atom. The van der Waals surface area contributed by atoms with E-state index in [0.29, 0.717) is 32.9 Å². The van der Waals surface area contributed by atoms with E-state index in [2.05, 4.69) is 19.9 Å². The molecule has 7 heteroatoms. The molecule has 0 aliphatic carbocycles. The molecule has 0 fully saturated rings. The third-order valence-corrected chi connectivity index (χ3v) is 5.14. The highest BCUT2D eigenvalue weighted by molar-refractivity contribution is 7.17. The number of hydrogen-bond acceptors (Lipinski definition) is 6. The molecule has 0 unspecified atom stereocenters. The number of rotatable bonds is 4. The van der Waals surface area contributed by atoms with Gasteiger partial charge in [0.2, 0.25) is 5.78 Å². The molecular weight excluding hydrogens is 360 g/mol. The molecule has 4 aromatic heterocycles. The van der Waals surface area contributed by atoms with Crippen LogP contribution in [0.2, 0.25) is 0 Å². The highest BCUT2D eigenvalue weighted by Crippen LogP contribution is 2.35. The van der Waals surface area contributed by atoms with Crippen molar-refractivity contribution in [1.29, 1.82) is 0 Å². The molecule has 4 heterocycles. The maximum absolute atomic E-state index is 13.0. The molecule has 0 bridgehead atoms. The number of aromatic amines is 1. The van der Waals surface area contributed by atoms with Crippen molar-refractivity contribution in [2.24, 2.45) is 0 Å². The number of carbonyl (C=O) groups is 1. The van der Waals surface area contributed by atoms with E-state index in [1.54, 1.807) is 42.8 Å². The fraction of sp³-hybridized carbons (Fsp3) is 0. The van der Waals surface area contributed by atoms with E-state index < -0.39 is 0 Å². The van der Waals surface area contributed by atoms with Crippen LogP contribution in [0.1, 0.15) is 15.4 Å². The van der Waals surface area contributed by atoms with Crippen molar-refractivity contribution in [1.82, 2.24) is 19.9 Å². The van der Waals surface area contributed by atoms with Gasteiger partial charge < -0.3 is 9.40 Å². The number of imidazole rings is 1.